The van der Waals surface area contributed by atoms with E-state index in [9.17, 15) is 14.4 Å². The molecule has 7 nitrogen and oxygen atoms in total. The Morgan fingerprint density at radius 3 is 2.12 bits per heavy atom. The van der Waals surface area contributed by atoms with Gasteiger partial charge in [0.05, 0.1) is 0 Å². The van der Waals surface area contributed by atoms with Crippen molar-refractivity contribution in [1.29, 1.82) is 0 Å². The second-order valence-electron chi connectivity index (χ2n) is 8.93. The number of amides is 3. The van der Waals surface area contributed by atoms with Gasteiger partial charge in [-0.25, -0.2) is 4.79 Å². The number of hydrogen-bond acceptors (Lipinski definition) is 4. The minimum atomic E-state index is -0.619. The van der Waals surface area contributed by atoms with Gasteiger partial charge in [-0.05, 0) is 56.9 Å². The molecule has 32 heavy (non-hydrogen) atoms. The highest BCUT2D eigenvalue weighted by atomic mass is 16.6. The van der Waals surface area contributed by atoms with Crippen molar-refractivity contribution < 1.29 is 19.1 Å². The lowest BCUT2D eigenvalue weighted by atomic mass is 10.0. The van der Waals surface area contributed by atoms with E-state index in [1.165, 1.54) is 0 Å². The van der Waals surface area contributed by atoms with Crippen molar-refractivity contribution in [2.45, 2.75) is 45.3 Å². The summed E-state index contributed by atoms with van der Waals surface area (Å²) < 4.78 is 5.12. The molecule has 0 aliphatic carbocycles. The number of piperidine rings is 1. The van der Waals surface area contributed by atoms with Crippen molar-refractivity contribution in [2.24, 2.45) is 0 Å². The molecule has 1 aliphatic rings. The number of nitrogens with zero attached hydrogens (tertiary/aromatic N) is 1. The number of alkyl carbamates (subject to hydrolysis) is 1. The van der Waals surface area contributed by atoms with Crippen LogP contribution in [0.25, 0.3) is 11.1 Å². The molecule has 0 bridgehead atoms. The van der Waals surface area contributed by atoms with E-state index in [1.54, 1.807) is 20.8 Å². The maximum atomic E-state index is 12.8. The first-order chi connectivity index (χ1) is 15.2. The molecule has 2 aromatic carbocycles. The van der Waals surface area contributed by atoms with Crippen LogP contribution in [0, 0.1) is 0 Å². The van der Waals surface area contributed by atoms with Crippen LogP contribution in [0.1, 0.15) is 44.0 Å². The Kier molecular flexibility index (Phi) is 7.51. The fraction of sp³-hybridized carbons (Fsp3) is 0.400. The third-order valence-corrected chi connectivity index (χ3v) is 5.18. The molecule has 0 unspecified atom stereocenters. The molecular formula is C25H31N3O4. The maximum Gasteiger partial charge on any atom is 0.408 e. The quantitative estimate of drug-likeness (QED) is 0.748. The third-order valence-electron chi connectivity index (χ3n) is 5.18. The van der Waals surface area contributed by atoms with E-state index in [0.29, 0.717) is 31.5 Å². The molecule has 3 rings (SSSR count). The zero-order valence-electron chi connectivity index (χ0n) is 18.9. The fourth-order valence-electron chi connectivity index (χ4n) is 3.59. The number of benzene rings is 2. The zero-order valence-corrected chi connectivity index (χ0v) is 18.9. The normalized spacial score (nSPS) is 14.5. The zero-order chi connectivity index (χ0) is 23.1. The van der Waals surface area contributed by atoms with E-state index in [1.807, 2.05) is 59.5 Å². The summed E-state index contributed by atoms with van der Waals surface area (Å²) in [7, 11) is 0. The number of nitrogens with one attached hydrogen (secondary N) is 2. The SMILES string of the molecule is CC(C)(C)OC(=O)NCC(=O)NC1CCN(C(=O)c2ccc(-c3ccccc3)cc2)CC1. The first-order valence-corrected chi connectivity index (χ1v) is 10.9. The van der Waals surface area contributed by atoms with Crippen molar-refractivity contribution in [1.82, 2.24) is 15.5 Å². The Morgan fingerprint density at radius 2 is 1.53 bits per heavy atom. The lowest BCUT2D eigenvalue weighted by molar-refractivity contribution is -0.121. The summed E-state index contributed by atoms with van der Waals surface area (Å²) >= 11 is 0. The first-order valence-electron chi connectivity index (χ1n) is 10.9. The Balaban J connectivity index is 1.43. The first kappa shape index (κ1) is 23.3. The number of likely N-dealkylation sites (tertiary alicyclic amines) is 1. The molecular weight excluding hydrogens is 406 g/mol. The van der Waals surface area contributed by atoms with Gasteiger partial charge in [-0.3, -0.25) is 9.59 Å². The van der Waals surface area contributed by atoms with E-state index in [4.69, 9.17) is 4.74 Å². The van der Waals surface area contributed by atoms with Crippen LogP contribution in [-0.2, 0) is 9.53 Å². The summed E-state index contributed by atoms with van der Waals surface area (Å²) in [5.74, 6) is -0.266. The van der Waals surface area contributed by atoms with E-state index in [0.717, 1.165) is 11.1 Å². The number of carbonyl (C=O) groups excluding carboxylic acids is 3. The van der Waals surface area contributed by atoms with Crippen LogP contribution >= 0.6 is 0 Å². The molecule has 1 heterocycles. The Bertz CT molecular complexity index is 928. The van der Waals surface area contributed by atoms with Gasteiger partial charge in [0.2, 0.25) is 5.91 Å². The molecule has 0 radical (unpaired) electrons. The Labute approximate surface area is 189 Å². The van der Waals surface area contributed by atoms with Crippen molar-refractivity contribution in [2.75, 3.05) is 19.6 Å². The molecule has 0 aromatic heterocycles. The molecule has 0 spiro atoms. The van der Waals surface area contributed by atoms with Gasteiger partial charge >= 0.3 is 6.09 Å². The molecule has 170 valence electrons. The summed E-state index contributed by atoms with van der Waals surface area (Å²) in [5, 5.41) is 5.37. The van der Waals surface area contributed by atoms with E-state index in [2.05, 4.69) is 10.6 Å². The lowest BCUT2D eigenvalue weighted by Gasteiger charge is -2.32. The van der Waals surface area contributed by atoms with Crippen LogP contribution in [0.5, 0.6) is 0 Å². The highest BCUT2D eigenvalue weighted by Crippen LogP contribution is 2.21. The largest absolute Gasteiger partial charge is 0.444 e. The van der Waals surface area contributed by atoms with Crippen molar-refractivity contribution in [3.8, 4) is 11.1 Å². The minimum absolute atomic E-state index is 0.000908. The summed E-state index contributed by atoms with van der Waals surface area (Å²) in [6.07, 6.45) is 0.726. The maximum absolute atomic E-state index is 12.8. The molecule has 7 heteroatoms. The highest BCUT2D eigenvalue weighted by molar-refractivity contribution is 5.94. The van der Waals surface area contributed by atoms with Crippen LogP contribution < -0.4 is 10.6 Å². The average Bonchev–Trinajstić information content (AvgIpc) is 2.77. The molecule has 2 N–H and O–H groups in total. The monoisotopic (exact) mass is 437 g/mol. The highest BCUT2D eigenvalue weighted by Gasteiger charge is 2.25. The predicted octanol–water partition coefficient (Wildman–Crippen LogP) is 3.60. The molecule has 2 aromatic rings. The number of ether oxygens (including phenoxy) is 1. The van der Waals surface area contributed by atoms with E-state index >= 15 is 0 Å². The molecule has 0 atom stereocenters. The van der Waals surface area contributed by atoms with Crippen LogP contribution in [-0.4, -0.2) is 54.1 Å². The fourth-order valence-corrected chi connectivity index (χ4v) is 3.59. The van der Waals surface area contributed by atoms with E-state index < -0.39 is 11.7 Å². The summed E-state index contributed by atoms with van der Waals surface area (Å²) in [5.41, 5.74) is 2.24. The topological polar surface area (TPSA) is 87.7 Å². The lowest BCUT2D eigenvalue weighted by Crippen LogP contribution is -2.49. The average molecular weight is 438 g/mol. The smallest absolute Gasteiger partial charge is 0.408 e. The summed E-state index contributed by atoms with van der Waals surface area (Å²) in [4.78, 5) is 38.4. The van der Waals surface area contributed by atoms with Gasteiger partial charge < -0.3 is 20.3 Å². The Morgan fingerprint density at radius 1 is 0.938 bits per heavy atom. The van der Waals surface area contributed by atoms with Gasteiger partial charge in [-0.2, -0.15) is 0 Å². The van der Waals surface area contributed by atoms with Crippen molar-refractivity contribution in [3.63, 3.8) is 0 Å². The van der Waals surface area contributed by atoms with Gasteiger partial charge in [0, 0.05) is 24.7 Å². The molecule has 1 fully saturated rings. The summed E-state index contributed by atoms with van der Waals surface area (Å²) in [6, 6.07) is 17.7. The van der Waals surface area contributed by atoms with Crippen molar-refractivity contribution >= 4 is 17.9 Å². The number of carbonyl (C=O) groups is 3. The molecule has 0 saturated carbocycles. The van der Waals surface area contributed by atoms with Crippen molar-refractivity contribution in [3.05, 3.63) is 60.2 Å². The van der Waals surface area contributed by atoms with Crippen LogP contribution in [0.2, 0.25) is 0 Å². The second-order valence-corrected chi connectivity index (χ2v) is 8.93. The van der Waals surface area contributed by atoms with Gasteiger partial charge in [0.1, 0.15) is 12.1 Å². The van der Waals surface area contributed by atoms with Crippen LogP contribution in [0.4, 0.5) is 4.79 Å². The van der Waals surface area contributed by atoms with Gasteiger partial charge in [0.15, 0.2) is 0 Å². The second kappa shape index (κ2) is 10.3. The minimum Gasteiger partial charge on any atom is -0.444 e. The van der Waals surface area contributed by atoms with Crippen LogP contribution in [0.15, 0.2) is 54.6 Å². The van der Waals surface area contributed by atoms with Gasteiger partial charge in [-0.15, -0.1) is 0 Å². The number of hydrogen-bond donors (Lipinski definition) is 2. The molecule has 1 aliphatic heterocycles. The van der Waals surface area contributed by atoms with Crippen LogP contribution in [0.3, 0.4) is 0 Å². The van der Waals surface area contributed by atoms with Gasteiger partial charge in [0.25, 0.3) is 5.91 Å². The van der Waals surface area contributed by atoms with Gasteiger partial charge in [-0.1, -0.05) is 42.5 Å². The molecule has 3 amide bonds. The molecule has 1 saturated heterocycles. The van der Waals surface area contributed by atoms with E-state index in [-0.39, 0.29) is 24.4 Å². The standard InChI is InChI=1S/C25H31N3O4/c1-25(2,3)32-24(31)26-17-22(29)27-21-13-15-28(16-14-21)23(30)20-11-9-19(10-12-20)18-7-5-4-6-8-18/h4-12,21H,13-17H2,1-3H3,(H,26,31)(H,27,29). The Hall–Kier alpha value is -3.35. The summed E-state index contributed by atoms with van der Waals surface area (Å²) in [6.45, 7) is 6.30. The predicted molar refractivity (Wildman–Crippen MR) is 123 cm³/mol. The third kappa shape index (κ3) is 6.83. The number of rotatable bonds is 5.